The first-order chi connectivity index (χ1) is 17.5. The number of hydrogen-bond acceptors (Lipinski definition) is 5. The van der Waals surface area contributed by atoms with E-state index in [1.165, 1.54) is 11.3 Å². The summed E-state index contributed by atoms with van der Waals surface area (Å²) in [6, 6.07) is 11.5. The van der Waals surface area contributed by atoms with Gasteiger partial charge in [-0.1, -0.05) is 83.1 Å². The van der Waals surface area contributed by atoms with E-state index in [4.69, 9.17) is 0 Å². The molecule has 0 bridgehead atoms. The minimum atomic E-state index is -0.445. The van der Waals surface area contributed by atoms with E-state index in [2.05, 4.69) is 41.5 Å². The van der Waals surface area contributed by atoms with Gasteiger partial charge in [0.2, 0.25) is 0 Å². The molecule has 39 heavy (non-hydrogen) atoms. The number of nitrogens with zero attached hydrogens (tertiary/aromatic N) is 2. The van der Waals surface area contributed by atoms with Crippen LogP contribution in [0.2, 0.25) is 0 Å². The highest BCUT2D eigenvalue weighted by atomic mass is 32.1. The Morgan fingerprint density at radius 2 is 0.846 bits per heavy atom. The van der Waals surface area contributed by atoms with Crippen molar-refractivity contribution in [1.82, 2.24) is 0 Å². The van der Waals surface area contributed by atoms with E-state index in [0.717, 1.165) is 20.9 Å². The van der Waals surface area contributed by atoms with Gasteiger partial charge in [-0.2, -0.15) is 0 Å². The van der Waals surface area contributed by atoms with Crippen molar-refractivity contribution >= 4 is 22.7 Å². The lowest BCUT2D eigenvalue weighted by molar-refractivity contribution is -0.385. The topological polar surface area (TPSA) is 86.3 Å². The molecule has 3 aromatic rings. The molecule has 7 heteroatoms. The van der Waals surface area contributed by atoms with Crippen LogP contribution in [0, 0.1) is 20.2 Å². The summed E-state index contributed by atoms with van der Waals surface area (Å²) in [5, 5.41) is 24.9. The third kappa shape index (κ3) is 6.24. The highest BCUT2D eigenvalue weighted by Crippen LogP contribution is 2.48. The molecule has 0 N–H and O–H groups in total. The summed E-state index contributed by atoms with van der Waals surface area (Å²) in [4.78, 5) is 25.8. The van der Waals surface area contributed by atoms with Crippen LogP contribution in [0.25, 0.3) is 20.9 Å². The van der Waals surface area contributed by atoms with Crippen molar-refractivity contribution < 1.29 is 9.85 Å². The van der Waals surface area contributed by atoms with E-state index in [1.54, 1.807) is 0 Å². The van der Waals surface area contributed by atoms with Gasteiger partial charge in [0.25, 0.3) is 11.4 Å². The molecule has 0 amide bonds. The van der Waals surface area contributed by atoms with Gasteiger partial charge in [0, 0.05) is 20.9 Å². The van der Waals surface area contributed by atoms with Crippen LogP contribution in [0.1, 0.15) is 105 Å². The normalized spacial score (nSPS) is 13.0. The predicted octanol–water partition coefficient (Wildman–Crippen LogP) is 10.1. The first kappa shape index (κ1) is 30.5. The van der Waals surface area contributed by atoms with Crippen LogP contribution >= 0.6 is 11.3 Å². The monoisotopic (exact) mass is 550 g/mol. The smallest absolute Gasteiger partial charge is 0.258 e. The van der Waals surface area contributed by atoms with Gasteiger partial charge in [0.05, 0.1) is 21.0 Å². The van der Waals surface area contributed by atoms with Gasteiger partial charge in [-0.15, -0.1) is 11.3 Å². The fraction of sp³-hybridized carbons (Fsp3) is 0.500. The molecule has 1 heterocycles. The third-order valence-electron chi connectivity index (χ3n) is 7.07. The quantitative estimate of drug-likeness (QED) is 0.239. The van der Waals surface area contributed by atoms with Crippen LogP contribution in [-0.4, -0.2) is 9.85 Å². The Kier molecular flexibility index (Phi) is 7.69. The minimum Gasteiger partial charge on any atom is -0.258 e. The predicted molar refractivity (Wildman–Crippen MR) is 163 cm³/mol. The molecule has 0 atom stereocenters. The highest BCUT2D eigenvalue weighted by molar-refractivity contribution is 7.19. The van der Waals surface area contributed by atoms with E-state index < -0.39 is 10.8 Å². The maximum atomic E-state index is 12.5. The van der Waals surface area contributed by atoms with Crippen LogP contribution < -0.4 is 0 Å². The van der Waals surface area contributed by atoms with E-state index in [0.29, 0.717) is 22.3 Å². The van der Waals surface area contributed by atoms with Crippen LogP contribution in [0.15, 0.2) is 36.4 Å². The lowest BCUT2D eigenvalue weighted by Gasteiger charge is -2.26. The van der Waals surface area contributed by atoms with E-state index >= 15 is 0 Å². The van der Waals surface area contributed by atoms with Crippen LogP contribution in [0.4, 0.5) is 11.4 Å². The summed E-state index contributed by atoms with van der Waals surface area (Å²) in [5.41, 5.74) is 3.36. The van der Waals surface area contributed by atoms with Crippen molar-refractivity contribution in [2.75, 3.05) is 0 Å². The Balaban J connectivity index is 2.42. The zero-order valence-corrected chi connectivity index (χ0v) is 26.2. The summed E-state index contributed by atoms with van der Waals surface area (Å²) in [6.07, 6.45) is 0. The van der Waals surface area contributed by atoms with Crippen LogP contribution in [0.3, 0.4) is 0 Å². The zero-order chi connectivity index (χ0) is 29.9. The van der Waals surface area contributed by atoms with E-state index in [-0.39, 0.29) is 32.1 Å². The van der Waals surface area contributed by atoms with E-state index in [1.807, 2.05) is 77.9 Å². The summed E-state index contributed by atoms with van der Waals surface area (Å²) in [5.74, 6) is 0. The molecule has 0 aliphatic rings. The van der Waals surface area contributed by atoms with Gasteiger partial charge in [0.15, 0.2) is 0 Å². The zero-order valence-electron chi connectivity index (χ0n) is 25.4. The van der Waals surface area contributed by atoms with Gasteiger partial charge in [-0.25, -0.2) is 0 Å². The Hall–Kier alpha value is -3.06. The molecular formula is C32H42N2O4S. The molecule has 1 aromatic heterocycles. The average molecular weight is 551 g/mol. The molecule has 0 unspecified atom stereocenters. The highest BCUT2D eigenvalue weighted by Gasteiger charge is 2.34. The summed E-state index contributed by atoms with van der Waals surface area (Å²) in [7, 11) is 0. The number of rotatable bonds is 4. The van der Waals surface area contributed by atoms with Gasteiger partial charge in [0.1, 0.15) is 0 Å². The second-order valence-electron chi connectivity index (χ2n) is 14.5. The van der Waals surface area contributed by atoms with E-state index in [9.17, 15) is 20.2 Å². The lowest BCUT2D eigenvalue weighted by Crippen LogP contribution is -2.18. The first-order valence-electron chi connectivity index (χ1n) is 13.3. The van der Waals surface area contributed by atoms with Crippen molar-refractivity contribution in [1.29, 1.82) is 0 Å². The van der Waals surface area contributed by atoms with Gasteiger partial charge in [-0.05, 0) is 69.2 Å². The largest absolute Gasteiger partial charge is 0.281 e. The Morgan fingerprint density at radius 3 is 1.08 bits per heavy atom. The van der Waals surface area contributed by atoms with Crippen molar-refractivity contribution in [2.24, 2.45) is 0 Å². The average Bonchev–Trinajstić information content (AvgIpc) is 3.24. The molecular weight excluding hydrogens is 508 g/mol. The molecule has 2 aromatic carbocycles. The van der Waals surface area contributed by atoms with Crippen molar-refractivity contribution in [3.05, 3.63) is 78.9 Å². The molecule has 0 radical (unpaired) electrons. The number of nitro benzene ring substituents is 2. The SMILES string of the molecule is CC(C)(C)c1cc(-c2ccc(-c3cc(C(C)(C)C)cc(C(C)(C)C)c3[N+](=O)[O-])s2)c([N+](=O)[O-])c(C(C)(C)C)c1. The molecule has 210 valence electrons. The fourth-order valence-corrected chi connectivity index (χ4v) is 5.72. The molecule has 3 rings (SSSR count). The molecule has 0 aliphatic carbocycles. The maximum absolute atomic E-state index is 12.5. The molecule has 0 saturated carbocycles. The van der Waals surface area contributed by atoms with Gasteiger partial charge >= 0.3 is 0 Å². The number of benzene rings is 2. The molecule has 6 nitrogen and oxygen atoms in total. The maximum Gasteiger partial charge on any atom is 0.281 e. The number of hydrogen-bond donors (Lipinski definition) is 0. The standard InChI is InChI=1S/C32H42N2O4S/c1-29(2,3)19-15-21(27(33(35)36)23(17-19)31(7,8)9)25-13-14-26(39-25)22-16-20(30(4,5)6)18-24(32(10,11)12)28(22)34(37)38/h13-18H,1-12H3. The second-order valence-corrected chi connectivity index (χ2v) is 15.6. The third-order valence-corrected chi connectivity index (χ3v) is 8.22. The molecule has 0 saturated heterocycles. The van der Waals surface area contributed by atoms with Crippen molar-refractivity contribution in [3.63, 3.8) is 0 Å². The van der Waals surface area contributed by atoms with Gasteiger partial charge in [-0.3, -0.25) is 20.2 Å². The summed E-state index contributed by atoms with van der Waals surface area (Å²) < 4.78 is 0. The Labute approximate surface area is 236 Å². The molecule has 0 fully saturated rings. The van der Waals surface area contributed by atoms with Crippen molar-refractivity contribution in [3.8, 4) is 20.9 Å². The lowest BCUT2D eigenvalue weighted by atomic mass is 9.78. The second kappa shape index (κ2) is 9.84. The first-order valence-corrected chi connectivity index (χ1v) is 14.1. The fourth-order valence-electron chi connectivity index (χ4n) is 4.67. The summed E-state index contributed by atoms with van der Waals surface area (Å²) >= 11 is 1.37. The summed E-state index contributed by atoms with van der Waals surface area (Å²) in [6.45, 7) is 24.5. The molecule has 0 spiro atoms. The van der Waals surface area contributed by atoms with Crippen molar-refractivity contribution in [2.45, 2.75) is 105 Å². The Bertz CT molecular complexity index is 1330. The van der Waals surface area contributed by atoms with Crippen LogP contribution in [-0.2, 0) is 21.7 Å². The minimum absolute atomic E-state index is 0.0947. The number of thiophene rings is 1. The van der Waals surface area contributed by atoms with Crippen LogP contribution in [0.5, 0.6) is 0 Å². The Morgan fingerprint density at radius 1 is 0.538 bits per heavy atom. The molecule has 0 aliphatic heterocycles. The van der Waals surface area contributed by atoms with Gasteiger partial charge < -0.3 is 0 Å². The number of nitro groups is 2.